The van der Waals surface area contributed by atoms with Crippen molar-refractivity contribution in [2.24, 2.45) is 0 Å². The number of hydrogen-bond acceptors (Lipinski definition) is 5. The van der Waals surface area contributed by atoms with E-state index in [4.69, 9.17) is 5.11 Å². The fourth-order valence-corrected chi connectivity index (χ4v) is 2.51. The number of rotatable bonds is 7. The number of aliphatic carboxylic acids is 1. The molecule has 6 nitrogen and oxygen atoms in total. The SMILES string of the molecule is O=C(CCc1cnc(N2CCC(F)(F)CC2)c(F)c1)CC(=O)C(=O)O. The third-order valence-corrected chi connectivity index (χ3v) is 3.96. The van der Waals surface area contributed by atoms with Crippen LogP contribution in [0, 0.1) is 5.82 Å². The minimum absolute atomic E-state index is 0.00600. The lowest BCUT2D eigenvalue weighted by atomic mass is 10.1. The van der Waals surface area contributed by atoms with Gasteiger partial charge in [-0.25, -0.2) is 22.9 Å². The van der Waals surface area contributed by atoms with Gasteiger partial charge >= 0.3 is 5.97 Å². The predicted octanol–water partition coefficient (Wildman–Crippen LogP) is 2.00. The number of Topliss-reactive ketones (excluding diaryl/α,β-unsaturated/α-hetero) is 2. The summed E-state index contributed by atoms with van der Waals surface area (Å²) in [6.07, 6.45) is -0.0871. The number of carbonyl (C=O) groups excluding carboxylic acids is 2. The number of nitrogens with zero attached hydrogens (tertiary/aromatic N) is 2. The van der Waals surface area contributed by atoms with E-state index in [-0.39, 0.29) is 44.6 Å². The molecule has 0 aliphatic carbocycles. The Morgan fingerprint density at radius 1 is 1.24 bits per heavy atom. The summed E-state index contributed by atoms with van der Waals surface area (Å²) in [5.41, 5.74) is 0.403. The van der Waals surface area contributed by atoms with Gasteiger partial charge in [0, 0.05) is 38.5 Å². The second kappa shape index (κ2) is 7.62. The molecule has 0 unspecified atom stereocenters. The number of ketones is 2. The number of carboxylic acids is 1. The summed E-state index contributed by atoms with van der Waals surface area (Å²) < 4.78 is 40.4. The molecule has 1 N–H and O–H groups in total. The molecule has 2 heterocycles. The number of halogens is 3. The molecule has 1 fully saturated rings. The van der Waals surface area contributed by atoms with Gasteiger partial charge in [0.1, 0.15) is 5.78 Å². The number of anilines is 1. The van der Waals surface area contributed by atoms with Gasteiger partial charge < -0.3 is 10.0 Å². The number of aromatic nitrogens is 1. The van der Waals surface area contributed by atoms with Crippen LogP contribution in [0.3, 0.4) is 0 Å². The Bertz CT molecular complexity index is 684. The lowest BCUT2D eigenvalue weighted by Crippen LogP contribution is -2.40. The van der Waals surface area contributed by atoms with Crippen LogP contribution in [0.4, 0.5) is 19.0 Å². The molecule has 1 aromatic rings. The fourth-order valence-electron chi connectivity index (χ4n) is 2.51. The first-order chi connectivity index (χ1) is 11.7. The van der Waals surface area contributed by atoms with Crippen molar-refractivity contribution in [2.75, 3.05) is 18.0 Å². The molecule has 0 spiro atoms. The Balaban J connectivity index is 1.92. The summed E-state index contributed by atoms with van der Waals surface area (Å²) in [5, 5.41) is 8.43. The summed E-state index contributed by atoms with van der Waals surface area (Å²) >= 11 is 0. The minimum Gasteiger partial charge on any atom is -0.475 e. The van der Waals surface area contributed by atoms with Gasteiger partial charge in [-0.15, -0.1) is 0 Å². The van der Waals surface area contributed by atoms with Crippen LogP contribution < -0.4 is 4.90 Å². The van der Waals surface area contributed by atoms with E-state index in [1.807, 2.05) is 0 Å². The molecule has 136 valence electrons. The van der Waals surface area contributed by atoms with Crippen LogP contribution in [0.1, 0.15) is 31.2 Å². The molecular weight excluding hydrogens is 341 g/mol. The van der Waals surface area contributed by atoms with Crippen molar-refractivity contribution in [3.05, 3.63) is 23.6 Å². The Labute approximate surface area is 141 Å². The highest BCUT2D eigenvalue weighted by atomic mass is 19.3. The van der Waals surface area contributed by atoms with Gasteiger partial charge in [0.2, 0.25) is 5.78 Å². The number of carboxylic acid groups (broad SMARTS) is 1. The molecule has 25 heavy (non-hydrogen) atoms. The van der Waals surface area contributed by atoms with Crippen LogP contribution in [-0.2, 0) is 20.8 Å². The van der Waals surface area contributed by atoms with Crippen molar-refractivity contribution in [1.82, 2.24) is 4.98 Å². The number of carbonyl (C=O) groups is 3. The smallest absolute Gasteiger partial charge is 0.372 e. The van der Waals surface area contributed by atoms with E-state index in [0.29, 0.717) is 5.56 Å². The van der Waals surface area contributed by atoms with Crippen LogP contribution in [-0.4, -0.2) is 46.6 Å². The average Bonchev–Trinajstić information content (AvgIpc) is 2.53. The molecular formula is C16H17F3N2O4. The maximum absolute atomic E-state index is 14.2. The molecule has 9 heteroatoms. The minimum atomic E-state index is -2.74. The maximum Gasteiger partial charge on any atom is 0.372 e. The predicted molar refractivity (Wildman–Crippen MR) is 81.2 cm³/mol. The van der Waals surface area contributed by atoms with E-state index in [2.05, 4.69) is 4.98 Å². The van der Waals surface area contributed by atoms with Gasteiger partial charge in [-0.3, -0.25) is 9.59 Å². The second-order valence-electron chi connectivity index (χ2n) is 5.94. The Hall–Kier alpha value is -2.45. The molecule has 1 aliphatic heterocycles. The largest absolute Gasteiger partial charge is 0.475 e. The molecule has 0 aromatic carbocycles. The zero-order valence-electron chi connectivity index (χ0n) is 13.3. The first kappa shape index (κ1) is 18.9. The van der Waals surface area contributed by atoms with Crippen LogP contribution >= 0.6 is 0 Å². The van der Waals surface area contributed by atoms with Gasteiger partial charge in [0.15, 0.2) is 11.6 Å². The zero-order valence-corrected chi connectivity index (χ0v) is 13.3. The van der Waals surface area contributed by atoms with E-state index in [1.165, 1.54) is 17.2 Å². The van der Waals surface area contributed by atoms with Crippen LogP contribution in [0.15, 0.2) is 12.3 Å². The maximum atomic E-state index is 14.2. The lowest BCUT2D eigenvalue weighted by molar-refractivity contribution is -0.150. The summed E-state index contributed by atoms with van der Waals surface area (Å²) in [7, 11) is 0. The lowest BCUT2D eigenvalue weighted by Gasteiger charge is -2.32. The highest BCUT2D eigenvalue weighted by Crippen LogP contribution is 2.30. The summed E-state index contributed by atoms with van der Waals surface area (Å²) in [5.74, 6) is -6.83. The van der Waals surface area contributed by atoms with Gasteiger partial charge in [-0.1, -0.05) is 0 Å². The standard InChI is InChI=1S/C16H17F3N2O4/c17-12-7-10(1-2-11(22)8-13(23)15(24)25)9-20-14(12)21-5-3-16(18,19)4-6-21/h7,9H,1-6,8H2,(H,24,25). The normalized spacial score (nSPS) is 16.5. The van der Waals surface area contributed by atoms with E-state index >= 15 is 0 Å². The van der Waals surface area contributed by atoms with Crippen molar-refractivity contribution < 1.29 is 32.7 Å². The Morgan fingerprint density at radius 2 is 1.88 bits per heavy atom. The number of piperidine rings is 1. The van der Waals surface area contributed by atoms with Gasteiger partial charge in [-0.2, -0.15) is 0 Å². The van der Waals surface area contributed by atoms with Crippen LogP contribution in [0.25, 0.3) is 0 Å². The van der Waals surface area contributed by atoms with Crippen molar-refractivity contribution in [3.8, 4) is 0 Å². The molecule has 0 amide bonds. The van der Waals surface area contributed by atoms with E-state index in [0.717, 1.165) is 0 Å². The van der Waals surface area contributed by atoms with Crippen molar-refractivity contribution in [1.29, 1.82) is 0 Å². The fraction of sp³-hybridized carbons (Fsp3) is 0.500. The summed E-state index contributed by atoms with van der Waals surface area (Å²) in [4.78, 5) is 38.2. The molecule has 0 radical (unpaired) electrons. The Kier molecular flexibility index (Phi) is 5.76. The third kappa shape index (κ3) is 5.27. The molecule has 0 bridgehead atoms. The third-order valence-electron chi connectivity index (χ3n) is 3.96. The quantitative estimate of drug-likeness (QED) is 0.593. The molecule has 1 saturated heterocycles. The highest BCUT2D eigenvalue weighted by molar-refractivity contribution is 6.36. The number of alkyl halides is 2. The molecule has 0 atom stereocenters. The monoisotopic (exact) mass is 358 g/mol. The Morgan fingerprint density at radius 3 is 2.44 bits per heavy atom. The average molecular weight is 358 g/mol. The van der Waals surface area contributed by atoms with Crippen molar-refractivity contribution in [2.45, 2.75) is 38.0 Å². The van der Waals surface area contributed by atoms with Crippen molar-refractivity contribution >= 4 is 23.4 Å². The highest BCUT2D eigenvalue weighted by Gasteiger charge is 2.35. The summed E-state index contributed by atoms with van der Waals surface area (Å²) in [6.45, 7) is 0.0120. The van der Waals surface area contributed by atoms with Gasteiger partial charge in [-0.05, 0) is 18.1 Å². The first-order valence-corrected chi connectivity index (χ1v) is 7.73. The van der Waals surface area contributed by atoms with Gasteiger partial charge in [0.05, 0.1) is 6.42 Å². The van der Waals surface area contributed by atoms with Crippen molar-refractivity contribution in [3.63, 3.8) is 0 Å². The molecule has 1 aromatic heterocycles. The number of aryl methyl sites for hydroxylation is 1. The van der Waals surface area contributed by atoms with E-state index in [1.54, 1.807) is 0 Å². The second-order valence-corrected chi connectivity index (χ2v) is 5.94. The number of pyridine rings is 1. The number of hydrogen-bond donors (Lipinski definition) is 1. The summed E-state index contributed by atoms with van der Waals surface area (Å²) in [6, 6.07) is 1.17. The first-order valence-electron chi connectivity index (χ1n) is 7.73. The molecule has 2 rings (SSSR count). The van der Waals surface area contributed by atoms with Crippen LogP contribution in [0.2, 0.25) is 0 Å². The van der Waals surface area contributed by atoms with Gasteiger partial charge in [0.25, 0.3) is 5.92 Å². The van der Waals surface area contributed by atoms with E-state index in [9.17, 15) is 27.6 Å². The van der Waals surface area contributed by atoms with E-state index < -0.39 is 35.7 Å². The zero-order chi connectivity index (χ0) is 18.6. The topological polar surface area (TPSA) is 87.6 Å². The molecule has 0 saturated carbocycles. The molecule has 1 aliphatic rings. The van der Waals surface area contributed by atoms with Crippen LogP contribution in [0.5, 0.6) is 0 Å².